The van der Waals surface area contributed by atoms with Gasteiger partial charge in [-0.25, -0.2) is 4.98 Å². The standard InChI is InChI=1S/C18H19N3O2/c1-11-7-8-15(23-3)13(9-11)18(22)19-10-16-20-14-6-4-5-12(2)17(14)21-16/h4-9H,10H2,1-3H3,(H,19,22)(H,20,21). The molecule has 3 aromatic rings. The molecule has 1 amide bonds. The highest BCUT2D eigenvalue weighted by atomic mass is 16.5. The molecule has 5 heteroatoms. The summed E-state index contributed by atoms with van der Waals surface area (Å²) in [5, 5.41) is 2.88. The fraction of sp³-hybridized carbons (Fsp3) is 0.222. The molecule has 1 heterocycles. The number of carbonyl (C=O) groups excluding carboxylic acids is 1. The third-order valence-electron chi connectivity index (χ3n) is 3.78. The lowest BCUT2D eigenvalue weighted by Gasteiger charge is -2.09. The van der Waals surface area contributed by atoms with Gasteiger partial charge in [0.05, 0.1) is 30.3 Å². The molecule has 0 aliphatic heterocycles. The van der Waals surface area contributed by atoms with Gasteiger partial charge < -0.3 is 15.0 Å². The number of para-hydroxylation sites is 1. The smallest absolute Gasteiger partial charge is 0.255 e. The summed E-state index contributed by atoms with van der Waals surface area (Å²) in [7, 11) is 1.56. The molecule has 3 rings (SSSR count). The van der Waals surface area contributed by atoms with E-state index in [1.165, 1.54) is 0 Å². The molecule has 0 aliphatic carbocycles. The summed E-state index contributed by atoms with van der Waals surface area (Å²) in [6, 6.07) is 11.5. The Morgan fingerprint density at radius 2 is 2.09 bits per heavy atom. The molecule has 0 saturated heterocycles. The molecule has 5 nitrogen and oxygen atoms in total. The van der Waals surface area contributed by atoms with Crippen LogP contribution >= 0.6 is 0 Å². The number of fused-ring (bicyclic) bond motifs is 1. The average molecular weight is 309 g/mol. The van der Waals surface area contributed by atoms with Gasteiger partial charge in [-0.2, -0.15) is 0 Å². The number of ether oxygens (including phenoxy) is 1. The SMILES string of the molecule is COc1ccc(C)cc1C(=O)NCc1nc2c(C)cccc2[nH]1. The van der Waals surface area contributed by atoms with Crippen LogP contribution in [0.15, 0.2) is 36.4 Å². The van der Waals surface area contributed by atoms with Crippen molar-refractivity contribution in [1.29, 1.82) is 0 Å². The number of aromatic nitrogens is 2. The van der Waals surface area contributed by atoms with Crippen molar-refractivity contribution in [2.24, 2.45) is 0 Å². The van der Waals surface area contributed by atoms with Crippen LogP contribution in [-0.4, -0.2) is 23.0 Å². The fourth-order valence-electron chi connectivity index (χ4n) is 2.57. The second-order valence-electron chi connectivity index (χ2n) is 5.54. The molecule has 0 bridgehead atoms. The van der Waals surface area contributed by atoms with Crippen molar-refractivity contribution in [3.05, 3.63) is 58.9 Å². The van der Waals surface area contributed by atoms with Gasteiger partial charge in [0.1, 0.15) is 11.6 Å². The van der Waals surface area contributed by atoms with Gasteiger partial charge >= 0.3 is 0 Å². The Morgan fingerprint density at radius 3 is 2.83 bits per heavy atom. The zero-order valence-electron chi connectivity index (χ0n) is 13.4. The number of carbonyl (C=O) groups is 1. The molecule has 23 heavy (non-hydrogen) atoms. The molecule has 0 saturated carbocycles. The van der Waals surface area contributed by atoms with Crippen LogP contribution in [0.5, 0.6) is 5.75 Å². The number of hydrogen-bond acceptors (Lipinski definition) is 3. The quantitative estimate of drug-likeness (QED) is 0.778. The number of amides is 1. The summed E-state index contributed by atoms with van der Waals surface area (Å²) < 4.78 is 5.25. The van der Waals surface area contributed by atoms with E-state index in [1.54, 1.807) is 13.2 Å². The van der Waals surface area contributed by atoms with Gasteiger partial charge in [-0.15, -0.1) is 0 Å². The molecule has 118 valence electrons. The third-order valence-corrected chi connectivity index (χ3v) is 3.78. The molecule has 0 atom stereocenters. The highest BCUT2D eigenvalue weighted by Gasteiger charge is 2.13. The van der Waals surface area contributed by atoms with Crippen molar-refractivity contribution >= 4 is 16.9 Å². The van der Waals surface area contributed by atoms with E-state index in [-0.39, 0.29) is 5.91 Å². The highest BCUT2D eigenvalue weighted by molar-refractivity contribution is 5.97. The van der Waals surface area contributed by atoms with E-state index in [1.807, 2.05) is 44.2 Å². The van der Waals surface area contributed by atoms with E-state index in [0.29, 0.717) is 17.9 Å². The Balaban J connectivity index is 1.78. The van der Waals surface area contributed by atoms with Crippen molar-refractivity contribution < 1.29 is 9.53 Å². The Morgan fingerprint density at radius 1 is 1.26 bits per heavy atom. The van der Waals surface area contributed by atoms with Crippen molar-refractivity contribution in [3.8, 4) is 5.75 Å². The number of aromatic amines is 1. The van der Waals surface area contributed by atoms with Gasteiger partial charge in [-0.1, -0.05) is 23.8 Å². The minimum atomic E-state index is -0.178. The zero-order valence-corrected chi connectivity index (χ0v) is 13.4. The molecule has 0 unspecified atom stereocenters. The summed E-state index contributed by atoms with van der Waals surface area (Å²) in [5.74, 6) is 1.12. The van der Waals surface area contributed by atoms with Crippen LogP contribution < -0.4 is 10.1 Å². The molecule has 0 spiro atoms. The van der Waals surface area contributed by atoms with E-state index >= 15 is 0 Å². The predicted molar refractivity (Wildman–Crippen MR) is 89.7 cm³/mol. The van der Waals surface area contributed by atoms with Crippen LogP contribution in [0.2, 0.25) is 0 Å². The zero-order chi connectivity index (χ0) is 16.4. The van der Waals surface area contributed by atoms with Crippen LogP contribution in [-0.2, 0) is 6.54 Å². The van der Waals surface area contributed by atoms with E-state index < -0.39 is 0 Å². The highest BCUT2D eigenvalue weighted by Crippen LogP contribution is 2.20. The monoisotopic (exact) mass is 309 g/mol. The van der Waals surface area contributed by atoms with Crippen molar-refractivity contribution in [3.63, 3.8) is 0 Å². The van der Waals surface area contributed by atoms with Crippen LogP contribution in [0.1, 0.15) is 27.3 Å². The fourth-order valence-corrected chi connectivity index (χ4v) is 2.57. The Bertz CT molecular complexity index is 868. The molecular weight excluding hydrogens is 290 g/mol. The third kappa shape index (κ3) is 3.04. The molecule has 0 radical (unpaired) electrons. The summed E-state index contributed by atoms with van der Waals surface area (Å²) >= 11 is 0. The van der Waals surface area contributed by atoms with Gasteiger partial charge in [-0.05, 0) is 37.6 Å². The number of methoxy groups -OCH3 is 1. The topological polar surface area (TPSA) is 67.0 Å². The normalized spacial score (nSPS) is 10.7. The average Bonchev–Trinajstić information content (AvgIpc) is 2.97. The number of aryl methyl sites for hydroxylation is 2. The maximum Gasteiger partial charge on any atom is 0.255 e. The lowest BCUT2D eigenvalue weighted by molar-refractivity contribution is 0.0947. The van der Waals surface area contributed by atoms with Gasteiger partial charge in [0.15, 0.2) is 0 Å². The molecule has 1 aromatic heterocycles. The predicted octanol–water partition coefficient (Wildman–Crippen LogP) is 3.12. The minimum Gasteiger partial charge on any atom is -0.496 e. The number of imidazole rings is 1. The molecule has 2 aromatic carbocycles. The lowest BCUT2D eigenvalue weighted by atomic mass is 10.1. The number of nitrogens with one attached hydrogen (secondary N) is 2. The van der Waals surface area contributed by atoms with E-state index in [0.717, 1.165) is 28.0 Å². The first kappa shape index (κ1) is 15.1. The maximum absolute atomic E-state index is 12.4. The number of nitrogens with zero attached hydrogens (tertiary/aromatic N) is 1. The van der Waals surface area contributed by atoms with Gasteiger partial charge in [0, 0.05) is 0 Å². The second-order valence-corrected chi connectivity index (χ2v) is 5.54. The van der Waals surface area contributed by atoms with E-state index in [9.17, 15) is 4.79 Å². The first-order valence-electron chi connectivity index (χ1n) is 7.45. The Kier molecular flexibility index (Phi) is 4.02. The Labute approximate surface area is 134 Å². The number of rotatable bonds is 4. The van der Waals surface area contributed by atoms with E-state index in [4.69, 9.17) is 4.74 Å². The van der Waals surface area contributed by atoms with Gasteiger partial charge in [0.25, 0.3) is 5.91 Å². The van der Waals surface area contributed by atoms with Gasteiger partial charge in [0.2, 0.25) is 0 Å². The number of hydrogen-bond donors (Lipinski definition) is 2. The maximum atomic E-state index is 12.4. The number of benzene rings is 2. The summed E-state index contributed by atoms with van der Waals surface area (Å²) in [4.78, 5) is 20.2. The van der Waals surface area contributed by atoms with Crippen LogP contribution in [0.3, 0.4) is 0 Å². The number of H-pyrrole nitrogens is 1. The summed E-state index contributed by atoms with van der Waals surface area (Å²) in [5.41, 5.74) is 4.55. The van der Waals surface area contributed by atoms with Crippen molar-refractivity contribution in [2.45, 2.75) is 20.4 Å². The molecule has 2 N–H and O–H groups in total. The van der Waals surface area contributed by atoms with Gasteiger partial charge in [-0.3, -0.25) is 4.79 Å². The van der Waals surface area contributed by atoms with Crippen molar-refractivity contribution in [2.75, 3.05) is 7.11 Å². The second kappa shape index (κ2) is 6.12. The molecule has 0 aliphatic rings. The Hall–Kier alpha value is -2.82. The minimum absolute atomic E-state index is 0.178. The van der Waals surface area contributed by atoms with Crippen LogP contribution in [0.4, 0.5) is 0 Å². The van der Waals surface area contributed by atoms with Crippen molar-refractivity contribution in [1.82, 2.24) is 15.3 Å². The first-order chi connectivity index (χ1) is 11.1. The summed E-state index contributed by atoms with van der Waals surface area (Å²) in [6.45, 7) is 4.30. The molecular formula is C18H19N3O2. The summed E-state index contributed by atoms with van der Waals surface area (Å²) in [6.07, 6.45) is 0. The van der Waals surface area contributed by atoms with Crippen LogP contribution in [0.25, 0.3) is 11.0 Å². The molecule has 0 fully saturated rings. The lowest BCUT2D eigenvalue weighted by Crippen LogP contribution is -2.24. The largest absolute Gasteiger partial charge is 0.496 e. The van der Waals surface area contributed by atoms with Crippen LogP contribution in [0, 0.1) is 13.8 Å². The van der Waals surface area contributed by atoms with E-state index in [2.05, 4.69) is 15.3 Å². The first-order valence-corrected chi connectivity index (χ1v) is 7.45.